The third kappa shape index (κ3) is 2.47. The van der Waals surface area contributed by atoms with Gasteiger partial charge in [0.1, 0.15) is 0 Å². The van der Waals surface area contributed by atoms with Crippen LogP contribution >= 0.6 is 0 Å². The summed E-state index contributed by atoms with van der Waals surface area (Å²) in [7, 11) is 1.23. The molecular formula is C13H13F3N2O4. The summed E-state index contributed by atoms with van der Waals surface area (Å²) in [5.74, 6) is -1.51. The number of ether oxygens (including phenoxy) is 1. The minimum absolute atomic E-state index is 0.00809. The van der Waals surface area contributed by atoms with Gasteiger partial charge in [-0.25, -0.2) is 0 Å². The van der Waals surface area contributed by atoms with Gasteiger partial charge >= 0.3 is 6.18 Å². The van der Waals surface area contributed by atoms with E-state index in [2.05, 4.69) is 5.10 Å². The maximum absolute atomic E-state index is 13.1. The van der Waals surface area contributed by atoms with E-state index >= 15 is 0 Å². The molecule has 1 aliphatic rings. The van der Waals surface area contributed by atoms with E-state index in [0.717, 1.165) is 18.2 Å². The van der Waals surface area contributed by atoms with Crippen LogP contribution in [0.4, 0.5) is 13.2 Å². The predicted molar refractivity (Wildman–Crippen MR) is 69.6 cm³/mol. The smallest absolute Gasteiger partial charge is 0.438 e. The summed E-state index contributed by atoms with van der Waals surface area (Å²) < 4.78 is 44.0. The van der Waals surface area contributed by atoms with E-state index in [1.165, 1.54) is 14.0 Å². The van der Waals surface area contributed by atoms with Crippen molar-refractivity contribution in [2.45, 2.75) is 25.2 Å². The summed E-state index contributed by atoms with van der Waals surface area (Å²) in [6, 6.07) is 3.28. The number of hydrogen-bond acceptors (Lipinski definition) is 5. The van der Waals surface area contributed by atoms with Crippen molar-refractivity contribution in [3.05, 3.63) is 23.8 Å². The Balaban J connectivity index is 2.43. The number of aromatic hydroxyl groups is 1. The van der Waals surface area contributed by atoms with Gasteiger partial charge in [-0.05, 0) is 25.1 Å². The second-order valence-electron chi connectivity index (χ2n) is 4.83. The zero-order chi connectivity index (χ0) is 16.7. The fourth-order valence-electron chi connectivity index (χ4n) is 2.09. The summed E-state index contributed by atoms with van der Waals surface area (Å²) in [4.78, 5) is 12.3. The Labute approximate surface area is 123 Å². The van der Waals surface area contributed by atoms with Crippen LogP contribution in [-0.2, 0) is 0 Å². The molecule has 0 fully saturated rings. The number of carbonyl (C=O) groups excluding carboxylic acids is 1. The number of hydrazone groups is 1. The fraction of sp³-hybridized carbons (Fsp3) is 0.385. The molecule has 0 aliphatic carbocycles. The second-order valence-corrected chi connectivity index (χ2v) is 4.83. The third-order valence-electron chi connectivity index (χ3n) is 3.20. The first-order valence-corrected chi connectivity index (χ1v) is 6.15. The van der Waals surface area contributed by atoms with Gasteiger partial charge in [0.2, 0.25) is 0 Å². The highest BCUT2D eigenvalue weighted by Crippen LogP contribution is 2.41. The van der Waals surface area contributed by atoms with E-state index in [1.54, 1.807) is 0 Å². The number of amides is 1. The largest absolute Gasteiger partial charge is 0.504 e. The monoisotopic (exact) mass is 318 g/mol. The molecule has 22 heavy (non-hydrogen) atoms. The lowest BCUT2D eigenvalue weighted by Crippen LogP contribution is -2.56. The highest BCUT2D eigenvalue weighted by Gasteiger charge is 2.62. The molecule has 1 aliphatic heterocycles. The number of benzene rings is 1. The predicted octanol–water partition coefficient (Wildman–Crippen LogP) is 1.87. The first kappa shape index (κ1) is 16.1. The highest BCUT2D eigenvalue weighted by molar-refractivity contribution is 5.98. The Kier molecular flexibility index (Phi) is 3.78. The number of nitrogens with zero attached hydrogens (tertiary/aromatic N) is 2. The van der Waals surface area contributed by atoms with Gasteiger partial charge in [-0.1, -0.05) is 0 Å². The fourth-order valence-corrected chi connectivity index (χ4v) is 2.09. The van der Waals surface area contributed by atoms with Crippen molar-refractivity contribution in [2.24, 2.45) is 5.10 Å². The molecular weight excluding hydrogens is 305 g/mol. The van der Waals surface area contributed by atoms with Gasteiger partial charge in [0, 0.05) is 17.7 Å². The lowest BCUT2D eigenvalue weighted by molar-refractivity contribution is -0.297. The first-order valence-electron chi connectivity index (χ1n) is 6.15. The van der Waals surface area contributed by atoms with E-state index in [-0.39, 0.29) is 27.8 Å². The van der Waals surface area contributed by atoms with E-state index in [0.29, 0.717) is 0 Å². The standard InChI is InChI=1S/C13H13F3N2O4/c1-7-6-12(21,13(14,15)16)18(17-7)11(20)8-3-4-9(19)10(5-8)22-2/h3-5,19,21H,6H2,1-2H3. The topological polar surface area (TPSA) is 82.4 Å². The van der Waals surface area contributed by atoms with E-state index in [1.807, 2.05) is 0 Å². The van der Waals surface area contributed by atoms with Crippen molar-refractivity contribution in [1.82, 2.24) is 5.01 Å². The lowest BCUT2D eigenvalue weighted by atomic mass is 10.1. The van der Waals surface area contributed by atoms with E-state index in [9.17, 15) is 28.2 Å². The molecule has 0 spiro atoms. The molecule has 0 aromatic heterocycles. The molecule has 120 valence electrons. The summed E-state index contributed by atoms with van der Waals surface area (Å²) in [5, 5.41) is 22.8. The maximum atomic E-state index is 13.1. The SMILES string of the molecule is COc1cc(C(=O)N2N=C(C)CC2(O)C(F)(F)F)ccc1O. The molecule has 0 saturated carbocycles. The minimum Gasteiger partial charge on any atom is -0.504 e. The third-order valence-corrected chi connectivity index (χ3v) is 3.20. The molecule has 1 heterocycles. The Morgan fingerprint density at radius 1 is 1.45 bits per heavy atom. The number of methoxy groups -OCH3 is 1. The molecule has 2 N–H and O–H groups in total. The molecule has 0 saturated heterocycles. The average Bonchev–Trinajstić information content (AvgIpc) is 2.74. The molecule has 1 atom stereocenters. The van der Waals surface area contributed by atoms with Gasteiger partial charge in [0.25, 0.3) is 11.6 Å². The van der Waals surface area contributed by atoms with Crippen LogP contribution in [-0.4, -0.2) is 45.9 Å². The van der Waals surface area contributed by atoms with Crippen LogP contribution in [0.2, 0.25) is 0 Å². The molecule has 1 aromatic rings. The van der Waals surface area contributed by atoms with Crippen molar-refractivity contribution in [3.63, 3.8) is 0 Å². The van der Waals surface area contributed by atoms with Gasteiger partial charge in [0.15, 0.2) is 11.5 Å². The number of carbonyl (C=O) groups is 1. The van der Waals surface area contributed by atoms with Crippen LogP contribution < -0.4 is 4.74 Å². The van der Waals surface area contributed by atoms with Crippen LogP contribution in [0, 0.1) is 0 Å². The van der Waals surface area contributed by atoms with Crippen LogP contribution in [0.25, 0.3) is 0 Å². The van der Waals surface area contributed by atoms with Crippen LogP contribution in [0.1, 0.15) is 23.7 Å². The molecule has 6 nitrogen and oxygen atoms in total. The lowest BCUT2D eigenvalue weighted by Gasteiger charge is -2.32. The molecule has 1 aromatic carbocycles. The minimum atomic E-state index is -5.06. The zero-order valence-electron chi connectivity index (χ0n) is 11.7. The summed E-state index contributed by atoms with van der Waals surface area (Å²) >= 11 is 0. The van der Waals surface area contributed by atoms with Gasteiger partial charge < -0.3 is 14.9 Å². The van der Waals surface area contributed by atoms with Crippen molar-refractivity contribution in [3.8, 4) is 11.5 Å². The molecule has 9 heteroatoms. The van der Waals surface area contributed by atoms with Crippen molar-refractivity contribution in [1.29, 1.82) is 0 Å². The Morgan fingerprint density at radius 2 is 2.09 bits per heavy atom. The number of hydrogen-bond donors (Lipinski definition) is 2. The summed E-state index contributed by atoms with van der Waals surface area (Å²) in [5.41, 5.74) is -3.63. The highest BCUT2D eigenvalue weighted by atomic mass is 19.4. The van der Waals surface area contributed by atoms with Gasteiger partial charge in [-0.3, -0.25) is 4.79 Å². The molecule has 0 radical (unpaired) electrons. The van der Waals surface area contributed by atoms with Crippen molar-refractivity contribution >= 4 is 11.6 Å². The van der Waals surface area contributed by atoms with Crippen LogP contribution in [0.3, 0.4) is 0 Å². The Hall–Kier alpha value is -2.29. The van der Waals surface area contributed by atoms with Gasteiger partial charge in [-0.15, -0.1) is 0 Å². The number of phenolic OH excluding ortho intramolecular Hbond substituents is 1. The Bertz CT molecular complexity index is 645. The van der Waals surface area contributed by atoms with Crippen LogP contribution in [0.15, 0.2) is 23.3 Å². The summed E-state index contributed by atoms with van der Waals surface area (Å²) in [6.45, 7) is 1.28. The zero-order valence-corrected chi connectivity index (χ0v) is 11.7. The van der Waals surface area contributed by atoms with Gasteiger partial charge in [-0.2, -0.15) is 23.3 Å². The number of aliphatic hydroxyl groups is 1. The quantitative estimate of drug-likeness (QED) is 0.872. The average molecular weight is 318 g/mol. The molecule has 2 rings (SSSR count). The second kappa shape index (κ2) is 5.16. The van der Waals surface area contributed by atoms with E-state index in [4.69, 9.17) is 4.74 Å². The number of rotatable bonds is 2. The van der Waals surface area contributed by atoms with Gasteiger partial charge in [0.05, 0.1) is 7.11 Å². The molecule has 1 amide bonds. The van der Waals surface area contributed by atoms with Crippen molar-refractivity contribution < 1.29 is 32.9 Å². The Morgan fingerprint density at radius 3 is 2.64 bits per heavy atom. The first-order chi connectivity index (χ1) is 10.1. The number of alkyl halides is 3. The number of phenols is 1. The normalized spacial score (nSPS) is 21.7. The maximum Gasteiger partial charge on any atom is 0.438 e. The van der Waals surface area contributed by atoms with Crippen molar-refractivity contribution in [2.75, 3.05) is 7.11 Å². The molecule has 0 bridgehead atoms. The molecule has 1 unspecified atom stereocenters. The van der Waals surface area contributed by atoms with E-state index < -0.39 is 24.2 Å². The summed E-state index contributed by atoms with van der Waals surface area (Å²) in [6.07, 6.45) is -5.89. The van der Waals surface area contributed by atoms with Crippen LogP contribution in [0.5, 0.6) is 11.5 Å². The number of halogens is 3.